The Balaban J connectivity index is 1.72. The fourth-order valence-electron chi connectivity index (χ4n) is 2.48. The zero-order valence-electron chi connectivity index (χ0n) is 11.3. The van der Waals surface area contributed by atoms with Crippen LogP contribution in [0.2, 0.25) is 5.02 Å². The monoisotopic (exact) mass is 326 g/mol. The maximum absolute atomic E-state index is 12.5. The van der Waals surface area contributed by atoms with Gasteiger partial charge < -0.3 is 0 Å². The van der Waals surface area contributed by atoms with Crippen LogP contribution in [0.15, 0.2) is 41.6 Å². The van der Waals surface area contributed by atoms with Crippen molar-refractivity contribution >= 4 is 21.6 Å². The van der Waals surface area contributed by atoms with Crippen LogP contribution in [0.1, 0.15) is 18.9 Å². The summed E-state index contributed by atoms with van der Waals surface area (Å²) in [5, 5.41) is 8.76. The molecule has 1 aromatic carbocycles. The van der Waals surface area contributed by atoms with Crippen molar-refractivity contribution in [3.8, 4) is 0 Å². The molecule has 1 aromatic heterocycles. The first-order chi connectivity index (χ1) is 10.1. The molecule has 3 rings (SSSR count). The Labute approximate surface area is 128 Å². The first kappa shape index (κ1) is 14.5. The second-order valence-corrected chi connectivity index (χ2v) is 7.31. The van der Waals surface area contributed by atoms with Gasteiger partial charge in [-0.15, -0.1) is 0 Å². The number of benzene rings is 1. The first-order valence-corrected chi connectivity index (χ1v) is 8.51. The van der Waals surface area contributed by atoms with Crippen LogP contribution >= 0.6 is 11.6 Å². The second-order valence-electron chi connectivity index (χ2n) is 4.94. The van der Waals surface area contributed by atoms with Gasteiger partial charge in [-0.3, -0.25) is 0 Å². The lowest BCUT2D eigenvalue weighted by molar-refractivity contribution is 0.245. The van der Waals surface area contributed by atoms with E-state index < -0.39 is 10.0 Å². The average Bonchev–Trinajstić information content (AvgIpc) is 3.02. The fourth-order valence-corrected chi connectivity index (χ4v) is 4.08. The molecule has 2 aromatic rings. The summed E-state index contributed by atoms with van der Waals surface area (Å²) >= 11 is 5.80. The molecular weight excluding hydrogens is 312 g/mol. The molecule has 8 heteroatoms. The van der Waals surface area contributed by atoms with E-state index in [0.29, 0.717) is 31.0 Å². The van der Waals surface area contributed by atoms with Crippen LogP contribution < -0.4 is 0 Å². The van der Waals surface area contributed by atoms with Crippen LogP contribution in [-0.2, 0) is 10.0 Å². The maximum Gasteiger partial charge on any atom is 0.243 e. The molecule has 1 saturated heterocycles. The lowest BCUT2D eigenvalue weighted by Gasteiger charge is -2.30. The Bertz CT molecular complexity index is 692. The first-order valence-electron chi connectivity index (χ1n) is 6.69. The zero-order chi connectivity index (χ0) is 14.9. The minimum Gasteiger partial charge on any atom is -0.207 e. The molecule has 1 aliphatic rings. The summed E-state index contributed by atoms with van der Waals surface area (Å²) in [5.74, 6) is 0. The number of halogens is 1. The number of piperidine rings is 1. The Kier molecular flexibility index (Phi) is 3.97. The number of sulfonamides is 1. The molecule has 0 amide bonds. The quantitative estimate of drug-likeness (QED) is 0.864. The van der Waals surface area contributed by atoms with Gasteiger partial charge in [0.1, 0.15) is 0 Å². The molecule has 0 atom stereocenters. The van der Waals surface area contributed by atoms with Gasteiger partial charge in [0, 0.05) is 18.1 Å². The number of nitrogens with zero attached hydrogens (tertiary/aromatic N) is 4. The highest BCUT2D eigenvalue weighted by atomic mass is 35.5. The van der Waals surface area contributed by atoms with E-state index in [1.807, 2.05) is 0 Å². The van der Waals surface area contributed by atoms with E-state index in [1.165, 1.54) is 4.31 Å². The summed E-state index contributed by atoms with van der Waals surface area (Å²) in [7, 11) is -3.45. The Hall–Kier alpha value is -1.44. The summed E-state index contributed by atoms with van der Waals surface area (Å²) < 4.78 is 26.6. The van der Waals surface area contributed by atoms with Crippen LogP contribution in [0.3, 0.4) is 0 Å². The van der Waals surface area contributed by atoms with Crippen molar-refractivity contribution in [3.05, 3.63) is 41.7 Å². The van der Waals surface area contributed by atoms with Crippen molar-refractivity contribution in [2.24, 2.45) is 0 Å². The summed E-state index contributed by atoms with van der Waals surface area (Å²) in [5.41, 5.74) is 0. The van der Waals surface area contributed by atoms with Crippen molar-refractivity contribution in [3.63, 3.8) is 0 Å². The highest BCUT2D eigenvalue weighted by molar-refractivity contribution is 7.89. The molecule has 2 heterocycles. The summed E-state index contributed by atoms with van der Waals surface area (Å²) in [6, 6.07) is 6.43. The average molecular weight is 327 g/mol. The van der Waals surface area contributed by atoms with Gasteiger partial charge in [-0.2, -0.15) is 19.3 Å². The Morgan fingerprint density at radius 1 is 1.05 bits per heavy atom. The van der Waals surface area contributed by atoms with E-state index in [9.17, 15) is 8.42 Å². The summed E-state index contributed by atoms with van der Waals surface area (Å²) in [6.45, 7) is 0.939. The lowest BCUT2D eigenvalue weighted by Crippen LogP contribution is -2.39. The third-order valence-electron chi connectivity index (χ3n) is 3.64. The standard InChI is InChI=1S/C13H15ClN4O2S/c14-11-1-3-13(4-2-11)21(19,20)17-9-5-12(6-10-17)18-15-7-8-16-18/h1-4,7-8,12H,5-6,9-10H2. The van der Waals surface area contributed by atoms with Crippen molar-refractivity contribution < 1.29 is 8.42 Å². The fraction of sp³-hybridized carbons (Fsp3) is 0.385. The molecule has 0 unspecified atom stereocenters. The molecule has 112 valence electrons. The molecule has 0 N–H and O–H groups in total. The number of rotatable bonds is 3. The van der Waals surface area contributed by atoms with Crippen LogP contribution in [-0.4, -0.2) is 40.8 Å². The molecule has 6 nitrogen and oxygen atoms in total. The van der Waals surface area contributed by atoms with Gasteiger partial charge in [-0.05, 0) is 37.1 Å². The highest BCUT2D eigenvalue weighted by Gasteiger charge is 2.30. The highest BCUT2D eigenvalue weighted by Crippen LogP contribution is 2.26. The molecule has 21 heavy (non-hydrogen) atoms. The smallest absolute Gasteiger partial charge is 0.207 e. The third kappa shape index (κ3) is 2.95. The predicted molar refractivity (Wildman–Crippen MR) is 78.5 cm³/mol. The minimum atomic E-state index is -3.45. The van der Waals surface area contributed by atoms with E-state index in [2.05, 4.69) is 10.2 Å². The molecule has 0 spiro atoms. The van der Waals surface area contributed by atoms with E-state index in [-0.39, 0.29) is 10.9 Å². The van der Waals surface area contributed by atoms with Crippen LogP contribution in [0, 0.1) is 0 Å². The van der Waals surface area contributed by atoms with Gasteiger partial charge in [0.05, 0.1) is 23.3 Å². The molecule has 0 bridgehead atoms. The van der Waals surface area contributed by atoms with E-state index in [0.717, 1.165) is 0 Å². The van der Waals surface area contributed by atoms with Crippen LogP contribution in [0.5, 0.6) is 0 Å². The molecule has 0 saturated carbocycles. The molecule has 0 aliphatic carbocycles. The lowest BCUT2D eigenvalue weighted by atomic mass is 10.1. The van der Waals surface area contributed by atoms with Gasteiger partial charge in [-0.25, -0.2) is 8.42 Å². The van der Waals surface area contributed by atoms with Crippen molar-refractivity contribution in [2.75, 3.05) is 13.1 Å². The normalized spacial score (nSPS) is 18.0. The van der Waals surface area contributed by atoms with Crippen LogP contribution in [0.25, 0.3) is 0 Å². The largest absolute Gasteiger partial charge is 0.243 e. The number of hydrogen-bond acceptors (Lipinski definition) is 4. The van der Waals surface area contributed by atoms with Crippen molar-refractivity contribution in [2.45, 2.75) is 23.8 Å². The SMILES string of the molecule is O=S(=O)(c1ccc(Cl)cc1)N1CCC(n2nccn2)CC1. The van der Waals surface area contributed by atoms with Gasteiger partial charge in [0.2, 0.25) is 10.0 Å². The second kappa shape index (κ2) is 5.75. The maximum atomic E-state index is 12.5. The number of aromatic nitrogens is 3. The van der Waals surface area contributed by atoms with E-state index >= 15 is 0 Å². The van der Waals surface area contributed by atoms with Crippen molar-refractivity contribution in [1.82, 2.24) is 19.3 Å². The van der Waals surface area contributed by atoms with Crippen molar-refractivity contribution in [1.29, 1.82) is 0 Å². The predicted octanol–water partition coefficient (Wildman–Crippen LogP) is 1.96. The molecular formula is C13H15ClN4O2S. The van der Waals surface area contributed by atoms with E-state index in [1.54, 1.807) is 41.5 Å². The topological polar surface area (TPSA) is 68.1 Å². The zero-order valence-corrected chi connectivity index (χ0v) is 12.8. The third-order valence-corrected chi connectivity index (χ3v) is 5.80. The minimum absolute atomic E-state index is 0.164. The number of hydrogen-bond donors (Lipinski definition) is 0. The van der Waals surface area contributed by atoms with Gasteiger partial charge >= 0.3 is 0 Å². The Morgan fingerprint density at radius 2 is 1.62 bits per heavy atom. The summed E-state index contributed by atoms with van der Waals surface area (Å²) in [4.78, 5) is 1.94. The van der Waals surface area contributed by atoms with Gasteiger partial charge in [0.15, 0.2) is 0 Å². The summed E-state index contributed by atoms with van der Waals surface area (Å²) in [6.07, 6.45) is 4.69. The van der Waals surface area contributed by atoms with Gasteiger partial charge in [-0.1, -0.05) is 11.6 Å². The van der Waals surface area contributed by atoms with E-state index in [4.69, 9.17) is 11.6 Å². The molecule has 1 fully saturated rings. The Morgan fingerprint density at radius 3 is 2.19 bits per heavy atom. The van der Waals surface area contributed by atoms with Crippen LogP contribution in [0.4, 0.5) is 0 Å². The molecule has 0 radical (unpaired) electrons. The molecule has 1 aliphatic heterocycles. The van der Waals surface area contributed by atoms with Gasteiger partial charge in [0.25, 0.3) is 0 Å².